The number of nitrogens with one attached hydrogen (secondary N) is 1. The van der Waals surface area contributed by atoms with Crippen LogP contribution < -0.4 is 5.32 Å². The van der Waals surface area contributed by atoms with Gasteiger partial charge in [-0.2, -0.15) is 0 Å². The maximum absolute atomic E-state index is 10.8. The summed E-state index contributed by atoms with van der Waals surface area (Å²) in [6, 6.07) is 1.80. The fourth-order valence-corrected chi connectivity index (χ4v) is 2.12. The molecule has 0 aliphatic rings. The third-order valence-corrected chi connectivity index (χ3v) is 3.38. The van der Waals surface area contributed by atoms with Gasteiger partial charge in [0.25, 0.3) is 0 Å². The molecule has 2 aromatic rings. The highest BCUT2D eigenvalue weighted by atomic mass is 32.1. The zero-order valence-electron chi connectivity index (χ0n) is 9.21. The molecule has 0 bridgehead atoms. The molecule has 2 N–H and O–H groups in total. The van der Waals surface area contributed by atoms with Crippen molar-refractivity contribution in [1.82, 2.24) is 10.3 Å². The van der Waals surface area contributed by atoms with E-state index in [-0.39, 0.29) is 11.8 Å². The monoisotopic (exact) mass is 252 g/mol. The Balaban J connectivity index is 1.98. The van der Waals surface area contributed by atoms with E-state index < -0.39 is 5.97 Å². The van der Waals surface area contributed by atoms with Crippen LogP contribution >= 0.6 is 11.3 Å². The van der Waals surface area contributed by atoms with E-state index in [4.69, 9.17) is 9.52 Å². The number of hydrogen-bond donors (Lipinski definition) is 2. The van der Waals surface area contributed by atoms with E-state index in [9.17, 15) is 4.79 Å². The molecule has 0 radical (unpaired) electrons. The number of nitrogens with zero attached hydrogens (tertiary/aromatic N) is 1. The standard InChI is InChI=1S/C11H12N2O3S/c1-7(9-5-12-6-17-9)13-4-8-2-3-16-10(8)11(14)15/h2-3,5-7,13H,4H2,1H3,(H,14,15). The quantitative estimate of drug-likeness (QED) is 0.853. The van der Waals surface area contributed by atoms with Gasteiger partial charge in [-0.1, -0.05) is 0 Å². The fraction of sp³-hybridized carbons (Fsp3) is 0.273. The normalized spacial score (nSPS) is 12.5. The first-order chi connectivity index (χ1) is 8.18. The summed E-state index contributed by atoms with van der Waals surface area (Å²) in [4.78, 5) is 15.9. The molecule has 0 fully saturated rings. The predicted molar refractivity (Wildman–Crippen MR) is 63.0 cm³/mol. The molecule has 5 nitrogen and oxygen atoms in total. The summed E-state index contributed by atoms with van der Waals surface area (Å²) in [5, 5.41) is 12.1. The number of carboxylic acids is 1. The van der Waals surface area contributed by atoms with Crippen molar-refractivity contribution in [1.29, 1.82) is 0 Å². The number of thiazole rings is 1. The molecule has 0 aliphatic carbocycles. The number of aromatic nitrogens is 1. The summed E-state index contributed by atoms with van der Waals surface area (Å²) in [6.45, 7) is 2.46. The molecule has 0 saturated heterocycles. The third-order valence-electron chi connectivity index (χ3n) is 2.42. The van der Waals surface area contributed by atoms with Gasteiger partial charge in [0.2, 0.25) is 5.76 Å². The Morgan fingerprint density at radius 3 is 3.18 bits per heavy atom. The van der Waals surface area contributed by atoms with Gasteiger partial charge in [-0.3, -0.25) is 4.98 Å². The molecule has 1 unspecified atom stereocenters. The third kappa shape index (κ3) is 2.72. The van der Waals surface area contributed by atoms with Gasteiger partial charge >= 0.3 is 5.97 Å². The number of carboxylic acid groups (broad SMARTS) is 1. The molecule has 0 aliphatic heterocycles. The Morgan fingerprint density at radius 1 is 1.71 bits per heavy atom. The Bertz CT molecular complexity index is 493. The van der Waals surface area contributed by atoms with Crippen LogP contribution in [0.4, 0.5) is 0 Å². The van der Waals surface area contributed by atoms with Crippen LogP contribution in [0.5, 0.6) is 0 Å². The first-order valence-corrected chi connectivity index (χ1v) is 5.98. The highest BCUT2D eigenvalue weighted by Gasteiger charge is 2.14. The van der Waals surface area contributed by atoms with E-state index in [1.165, 1.54) is 6.26 Å². The predicted octanol–water partition coefficient (Wildman–Crippen LogP) is 2.29. The zero-order valence-corrected chi connectivity index (χ0v) is 10.0. The van der Waals surface area contributed by atoms with Crippen molar-refractivity contribution in [2.24, 2.45) is 0 Å². The summed E-state index contributed by atoms with van der Waals surface area (Å²) in [5.41, 5.74) is 2.42. The van der Waals surface area contributed by atoms with Crippen LogP contribution in [0.15, 0.2) is 28.5 Å². The number of furan rings is 1. The van der Waals surface area contributed by atoms with E-state index in [0.717, 1.165) is 4.88 Å². The SMILES string of the molecule is CC(NCc1ccoc1C(=O)O)c1cncs1. The molecular formula is C11H12N2O3S. The smallest absolute Gasteiger partial charge is 0.372 e. The summed E-state index contributed by atoms with van der Waals surface area (Å²) in [7, 11) is 0. The second-order valence-corrected chi connectivity index (χ2v) is 4.50. The molecule has 1 atom stereocenters. The minimum Gasteiger partial charge on any atom is -0.475 e. The molecule has 0 amide bonds. The number of hydrogen-bond acceptors (Lipinski definition) is 5. The van der Waals surface area contributed by atoms with Crippen molar-refractivity contribution in [3.8, 4) is 0 Å². The van der Waals surface area contributed by atoms with E-state index in [1.54, 1.807) is 29.1 Å². The van der Waals surface area contributed by atoms with Crippen LogP contribution in [0, 0.1) is 0 Å². The second kappa shape index (κ2) is 5.11. The molecule has 6 heteroatoms. The van der Waals surface area contributed by atoms with Crippen molar-refractivity contribution in [2.75, 3.05) is 0 Å². The van der Waals surface area contributed by atoms with Crippen molar-refractivity contribution in [3.05, 3.63) is 40.2 Å². The largest absolute Gasteiger partial charge is 0.475 e. The van der Waals surface area contributed by atoms with Gasteiger partial charge < -0.3 is 14.8 Å². The average Bonchev–Trinajstić information content (AvgIpc) is 2.96. The van der Waals surface area contributed by atoms with E-state index >= 15 is 0 Å². The van der Waals surface area contributed by atoms with E-state index in [1.807, 2.05) is 6.92 Å². The Labute approximate surface area is 102 Å². The maximum Gasteiger partial charge on any atom is 0.372 e. The maximum atomic E-state index is 10.8. The molecule has 2 aromatic heterocycles. The van der Waals surface area contributed by atoms with Gasteiger partial charge in [0.15, 0.2) is 0 Å². The number of rotatable bonds is 5. The van der Waals surface area contributed by atoms with Crippen LogP contribution in [-0.2, 0) is 6.54 Å². The lowest BCUT2D eigenvalue weighted by Crippen LogP contribution is -2.18. The molecule has 0 aromatic carbocycles. The van der Waals surface area contributed by atoms with Crippen LogP contribution in [0.25, 0.3) is 0 Å². The molecule has 0 saturated carbocycles. The molecule has 0 spiro atoms. The average molecular weight is 252 g/mol. The Hall–Kier alpha value is -1.66. The lowest BCUT2D eigenvalue weighted by Gasteiger charge is -2.10. The summed E-state index contributed by atoms with van der Waals surface area (Å²) in [5.74, 6) is -1.05. The van der Waals surface area contributed by atoms with Crippen molar-refractivity contribution < 1.29 is 14.3 Å². The molecular weight excluding hydrogens is 240 g/mol. The second-order valence-electron chi connectivity index (χ2n) is 3.59. The first-order valence-electron chi connectivity index (χ1n) is 5.10. The summed E-state index contributed by atoms with van der Waals surface area (Å²) >= 11 is 1.57. The van der Waals surface area contributed by atoms with Gasteiger partial charge in [0, 0.05) is 29.2 Å². The topological polar surface area (TPSA) is 75.4 Å². The van der Waals surface area contributed by atoms with E-state index in [2.05, 4.69) is 10.3 Å². The highest BCUT2D eigenvalue weighted by Crippen LogP contribution is 2.18. The minimum absolute atomic E-state index is 0.00555. The van der Waals surface area contributed by atoms with Crippen molar-refractivity contribution >= 4 is 17.3 Å². The van der Waals surface area contributed by atoms with Crippen LogP contribution in [-0.4, -0.2) is 16.1 Å². The number of aromatic carboxylic acids is 1. The van der Waals surface area contributed by atoms with Gasteiger partial charge in [-0.05, 0) is 13.0 Å². The molecule has 2 heterocycles. The highest BCUT2D eigenvalue weighted by molar-refractivity contribution is 7.09. The van der Waals surface area contributed by atoms with Gasteiger partial charge in [-0.15, -0.1) is 11.3 Å². The van der Waals surface area contributed by atoms with Crippen LogP contribution in [0.2, 0.25) is 0 Å². The van der Waals surface area contributed by atoms with Crippen molar-refractivity contribution in [2.45, 2.75) is 19.5 Å². The van der Waals surface area contributed by atoms with Crippen LogP contribution in [0.3, 0.4) is 0 Å². The van der Waals surface area contributed by atoms with Gasteiger partial charge in [0.05, 0.1) is 11.8 Å². The first kappa shape index (κ1) is 11.8. The Kier molecular flexibility index (Phi) is 3.55. The summed E-state index contributed by atoms with van der Waals surface area (Å²) in [6.07, 6.45) is 3.19. The molecule has 2 rings (SSSR count). The lowest BCUT2D eigenvalue weighted by molar-refractivity contribution is 0.0660. The Morgan fingerprint density at radius 2 is 2.53 bits per heavy atom. The number of carbonyl (C=O) groups is 1. The molecule has 17 heavy (non-hydrogen) atoms. The minimum atomic E-state index is -1.04. The zero-order chi connectivity index (χ0) is 12.3. The van der Waals surface area contributed by atoms with Gasteiger partial charge in [0.1, 0.15) is 0 Å². The van der Waals surface area contributed by atoms with Crippen LogP contribution in [0.1, 0.15) is 34.0 Å². The molecule has 90 valence electrons. The fourth-order valence-electron chi connectivity index (χ4n) is 1.47. The summed E-state index contributed by atoms with van der Waals surface area (Å²) < 4.78 is 4.90. The van der Waals surface area contributed by atoms with Gasteiger partial charge in [-0.25, -0.2) is 4.79 Å². The van der Waals surface area contributed by atoms with E-state index in [0.29, 0.717) is 12.1 Å². The lowest BCUT2D eigenvalue weighted by atomic mass is 10.2. The van der Waals surface area contributed by atoms with Crippen molar-refractivity contribution in [3.63, 3.8) is 0 Å².